The number of nitrogens with one attached hydrogen (secondary N) is 1. The largest absolute Gasteiger partial charge is 0.393 e. The molecule has 1 aromatic rings. The van der Waals surface area contributed by atoms with E-state index < -0.39 is 0 Å². The first-order chi connectivity index (χ1) is 7.93. The lowest BCUT2D eigenvalue weighted by molar-refractivity contribution is 0.168. The van der Waals surface area contributed by atoms with Crippen LogP contribution in [-0.2, 0) is 0 Å². The van der Waals surface area contributed by atoms with Crippen LogP contribution in [0, 0.1) is 13.8 Å². The van der Waals surface area contributed by atoms with E-state index >= 15 is 0 Å². The quantitative estimate of drug-likeness (QED) is 0.730. The molecular formula is C13H24N2OS. The molecule has 98 valence electrons. The van der Waals surface area contributed by atoms with Crippen LogP contribution in [0.4, 0.5) is 0 Å². The fourth-order valence-electron chi connectivity index (χ4n) is 2.20. The topological polar surface area (TPSA) is 58.3 Å². The van der Waals surface area contributed by atoms with Crippen molar-refractivity contribution in [2.45, 2.75) is 52.3 Å². The molecule has 0 radical (unpaired) electrons. The molecule has 3 unspecified atom stereocenters. The number of hydrogen-bond donors (Lipinski definition) is 3. The molecule has 0 saturated heterocycles. The number of aliphatic hydroxyl groups excluding tert-OH is 1. The van der Waals surface area contributed by atoms with Gasteiger partial charge in [-0.05, 0) is 45.7 Å². The Bertz CT molecular complexity index is 349. The summed E-state index contributed by atoms with van der Waals surface area (Å²) < 4.78 is 0. The van der Waals surface area contributed by atoms with E-state index in [-0.39, 0.29) is 18.2 Å². The first kappa shape index (κ1) is 14.6. The summed E-state index contributed by atoms with van der Waals surface area (Å²) in [4.78, 5) is 2.65. The molecule has 0 spiro atoms. The lowest BCUT2D eigenvalue weighted by Crippen LogP contribution is -2.36. The lowest BCUT2D eigenvalue weighted by atomic mass is 10.0. The van der Waals surface area contributed by atoms with Crippen LogP contribution in [0.5, 0.6) is 0 Å². The zero-order chi connectivity index (χ0) is 13.0. The molecule has 3 nitrogen and oxygen atoms in total. The van der Waals surface area contributed by atoms with E-state index in [4.69, 9.17) is 5.73 Å². The van der Waals surface area contributed by atoms with Crippen molar-refractivity contribution in [1.82, 2.24) is 5.32 Å². The molecule has 0 aliphatic carbocycles. The number of nitrogens with two attached hydrogens (primary N) is 1. The van der Waals surface area contributed by atoms with Gasteiger partial charge in [0.1, 0.15) is 0 Å². The molecule has 1 rings (SSSR count). The fourth-order valence-corrected chi connectivity index (χ4v) is 3.19. The number of thiophene rings is 1. The summed E-state index contributed by atoms with van der Waals surface area (Å²) in [6, 6.07) is 2.66. The Kier molecular flexibility index (Phi) is 5.59. The van der Waals surface area contributed by atoms with Gasteiger partial charge in [0.05, 0.1) is 6.10 Å². The van der Waals surface area contributed by atoms with Crippen molar-refractivity contribution in [3.63, 3.8) is 0 Å². The maximum absolute atomic E-state index is 9.37. The summed E-state index contributed by atoms with van der Waals surface area (Å²) in [6.07, 6.45) is 0.472. The highest BCUT2D eigenvalue weighted by Gasteiger charge is 2.17. The molecule has 4 heteroatoms. The predicted molar refractivity (Wildman–Crippen MR) is 74.5 cm³/mol. The van der Waals surface area contributed by atoms with E-state index in [1.54, 1.807) is 0 Å². The van der Waals surface area contributed by atoms with Crippen molar-refractivity contribution in [3.05, 3.63) is 21.4 Å². The minimum Gasteiger partial charge on any atom is -0.393 e. The molecule has 0 aliphatic rings. The minimum absolute atomic E-state index is 0.189. The average Bonchev–Trinajstić information content (AvgIpc) is 2.53. The van der Waals surface area contributed by atoms with Gasteiger partial charge >= 0.3 is 0 Å². The summed E-state index contributed by atoms with van der Waals surface area (Å²) in [7, 11) is 0. The Labute approximate surface area is 108 Å². The Morgan fingerprint density at radius 2 is 2.06 bits per heavy atom. The molecule has 0 saturated carbocycles. The van der Waals surface area contributed by atoms with Gasteiger partial charge in [-0.1, -0.05) is 0 Å². The second-order valence-electron chi connectivity index (χ2n) is 4.81. The Balaban J connectivity index is 2.68. The molecule has 0 amide bonds. The molecule has 0 aliphatic heterocycles. The van der Waals surface area contributed by atoms with E-state index in [1.807, 2.05) is 18.3 Å². The third kappa shape index (κ3) is 4.39. The van der Waals surface area contributed by atoms with E-state index in [2.05, 4.69) is 32.2 Å². The monoisotopic (exact) mass is 256 g/mol. The lowest BCUT2D eigenvalue weighted by Gasteiger charge is -2.23. The van der Waals surface area contributed by atoms with Gasteiger partial charge in [0.15, 0.2) is 0 Å². The van der Waals surface area contributed by atoms with Gasteiger partial charge in [-0.15, -0.1) is 11.3 Å². The summed E-state index contributed by atoms with van der Waals surface area (Å²) in [5.41, 5.74) is 7.14. The van der Waals surface area contributed by atoms with Gasteiger partial charge in [0.25, 0.3) is 0 Å². The minimum atomic E-state index is -0.277. The number of hydrogen-bond acceptors (Lipinski definition) is 4. The normalized spacial score (nSPS) is 16.8. The summed E-state index contributed by atoms with van der Waals surface area (Å²) in [5.74, 6) is 0. The van der Waals surface area contributed by atoms with E-state index in [0.717, 1.165) is 6.42 Å². The first-order valence-electron chi connectivity index (χ1n) is 6.15. The fraction of sp³-hybridized carbons (Fsp3) is 0.692. The van der Waals surface area contributed by atoms with Crippen LogP contribution < -0.4 is 11.1 Å². The van der Waals surface area contributed by atoms with Gasteiger partial charge in [0.2, 0.25) is 0 Å². The van der Waals surface area contributed by atoms with Crippen molar-refractivity contribution in [2.24, 2.45) is 5.73 Å². The highest BCUT2D eigenvalue weighted by Crippen LogP contribution is 2.26. The van der Waals surface area contributed by atoms with E-state index in [1.165, 1.54) is 15.3 Å². The van der Waals surface area contributed by atoms with Crippen LogP contribution in [0.25, 0.3) is 0 Å². The zero-order valence-electron chi connectivity index (χ0n) is 11.2. The molecule has 17 heavy (non-hydrogen) atoms. The number of aryl methyl sites for hydroxylation is 2. The zero-order valence-corrected chi connectivity index (χ0v) is 12.0. The van der Waals surface area contributed by atoms with Crippen molar-refractivity contribution in [3.8, 4) is 0 Å². The number of aliphatic hydroxyl groups is 1. The summed E-state index contributed by atoms with van der Waals surface area (Å²) in [5, 5.41) is 12.9. The van der Waals surface area contributed by atoms with Crippen molar-refractivity contribution < 1.29 is 5.11 Å². The smallest absolute Gasteiger partial charge is 0.0526 e. The highest BCUT2D eigenvalue weighted by atomic mass is 32.1. The SMILES string of the molecule is Cc1cc(C(CN)NC(C)CC(C)O)c(C)s1. The van der Waals surface area contributed by atoms with Crippen LogP contribution in [-0.4, -0.2) is 23.8 Å². The average molecular weight is 256 g/mol. The van der Waals surface area contributed by atoms with Crippen LogP contribution in [0.15, 0.2) is 6.07 Å². The molecule has 0 aromatic carbocycles. The molecular weight excluding hydrogens is 232 g/mol. The molecule has 4 N–H and O–H groups in total. The first-order valence-corrected chi connectivity index (χ1v) is 6.96. The second kappa shape index (κ2) is 6.50. The van der Waals surface area contributed by atoms with E-state index in [0.29, 0.717) is 6.54 Å². The van der Waals surface area contributed by atoms with Crippen LogP contribution >= 0.6 is 11.3 Å². The summed E-state index contributed by atoms with van der Waals surface area (Å²) in [6.45, 7) is 8.74. The van der Waals surface area contributed by atoms with Gasteiger partial charge in [-0.3, -0.25) is 0 Å². The van der Waals surface area contributed by atoms with Gasteiger partial charge in [-0.2, -0.15) is 0 Å². The van der Waals surface area contributed by atoms with Crippen LogP contribution in [0.3, 0.4) is 0 Å². The van der Waals surface area contributed by atoms with Crippen molar-refractivity contribution >= 4 is 11.3 Å². The van der Waals surface area contributed by atoms with Crippen LogP contribution in [0.1, 0.15) is 41.6 Å². The third-order valence-corrected chi connectivity index (χ3v) is 3.85. The van der Waals surface area contributed by atoms with Gasteiger partial charge in [0, 0.05) is 28.4 Å². The van der Waals surface area contributed by atoms with E-state index in [9.17, 15) is 5.11 Å². The molecule has 0 fully saturated rings. The standard InChI is InChI=1S/C13H24N2OS/c1-8(5-9(2)16)15-13(7-14)12-6-10(3)17-11(12)4/h6,8-9,13,15-16H,5,7,14H2,1-4H3. The van der Waals surface area contributed by atoms with Gasteiger partial charge < -0.3 is 16.2 Å². The molecule has 0 bridgehead atoms. The van der Waals surface area contributed by atoms with Crippen molar-refractivity contribution in [1.29, 1.82) is 0 Å². The summed E-state index contributed by atoms with van der Waals surface area (Å²) >= 11 is 1.81. The molecule has 3 atom stereocenters. The van der Waals surface area contributed by atoms with Crippen molar-refractivity contribution in [2.75, 3.05) is 6.54 Å². The number of rotatable bonds is 6. The Morgan fingerprint density at radius 3 is 2.47 bits per heavy atom. The van der Waals surface area contributed by atoms with Crippen LogP contribution in [0.2, 0.25) is 0 Å². The highest BCUT2D eigenvalue weighted by molar-refractivity contribution is 7.12. The molecule has 1 aromatic heterocycles. The third-order valence-electron chi connectivity index (χ3n) is 2.87. The second-order valence-corrected chi connectivity index (χ2v) is 6.27. The molecule has 1 heterocycles. The Morgan fingerprint density at radius 1 is 1.41 bits per heavy atom. The predicted octanol–water partition coefficient (Wildman–Crippen LogP) is 2.11. The maximum Gasteiger partial charge on any atom is 0.0526 e. The maximum atomic E-state index is 9.37. The Hall–Kier alpha value is -0.420. The van der Waals surface area contributed by atoms with Gasteiger partial charge in [-0.25, -0.2) is 0 Å².